The number of hydrogen-bond acceptors (Lipinski definition) is 4. The molecule has 0 atom stereocenters. The zero-order valence-electron chi connectivity index (χ0n) is 19.0. The average Bonchev–Trinajstić information content (AvgIpc) is 3.06. The molecular weight excluding hydrogens is 501 g/mol. The SMILES string of the molecule is CCNC(=NCc1cccc(CN2CCCCCC2)c1)NCCn1cnnc1CC.I. The zero-order chi connectivity index (χ0) is 21.0. The number of guanidine groups is 1. The Balaban J connectivity index is 0.00000341. The van der Waals surface area contributed by atoms with E-state index in [4.69, 9.17) is 4.99 Å². The fraction of sp³-hybridized carbons (Fsp3) is 0.609. The zero-order valence-corrected chi connectivity index (χ0v) is 21.3. The van der Waals surface area contributed by atoms with Gasteiger partial charge in [-0.25, -0.2) is 4.99 Å². The van der Waals surface area contributed by atoms with Crippen LogP contribution < -0.4 is 10.6 Å². The summed E-state index contributed by atoms with van der Waals surface area (Å²) in [5.41, 5.74) is 2.65. The number of rotatable bonds is 9. The van der Waals surface area contributed by atoms with Crippen molar-refractivity contribution >= 4 is 29.9 Å². The van der Waals surface area contributed by atoms with Crippen LogP contribution in [0.2, 0.25) is 0 Å². The first-order chi connectivity index (χ1) is 14.8. The Bertz CT molecular complexity index is 782. The first kappa shape index (κ1) is 25.6. The van der Waals surface area contributed by atoms with Gasteiger partial charge >= 0.3 is 0 Å². The summed E-state index contributed by atoms with van der Waals surface area (Å²) in [6.45, 7) is 10.8. The van der Waals surface area contributed by atoms with Crippen LogP contribution in [-0.2, 0) is 26.1 Å². The number of nitrogens with zero attached hydrogens (tertiary/aromatic N) is 5. The van der Waals surface area contributed by atoms with E-state index in [1.165, 1.54) is 49.9 Å². The lowest BCUT2D eigenvalue weighted by atomic mass is 10.1. The molecule has 0 unspecified atom stereocenters. The summed E-state index contributed by atoms with van der Waals surface area (Å²) >= 11 is 0. The number of hydrogen-bond donors (Lipinski definition) is 2. The van der Waals surface area contributed by atoms with E-state index in [0.29, 0.717) is 6.54 Å². The molecule has 1 saturated heterocycles. The first-order valence-corrected chi connectivity index (χ1v) is 11.5. The standard InChI is InChI=1S/C23H37N7.HI/c1-3-22-28-27-19-30(22)15-12-25-23(24-4-2)26-17-20-10-9-11-21(16-20)18-29-13-7-5-6-8-14-29;/h9-11,16,19H,3-8,12-15,17-18H2,1-2H3,(H2,24,25,26);1H. The van der Waals surface area contributed by atoms with Gasteiger partial charge in [-0.1, -0.05) is 44.0 Å². The molecule has 1 aromatic heterocycles. The van der Waals surface area contributed by atoms with Crippen LogP contribution >= 0.6 is 24.0 Å². The highest BCUT2D eigenvalue weighted by atomic mass is 127. The van der Waals surface area contributed by atoms with Gasteiger partial charge in [0.1, 0.15) is 12.2 Å². The van der Waals surface area contributed by atoms with Gasteiger partial charge in [0.2, 0.25) is 0 Å². The van der Waals surface area contributed by atoms with E-state index in [2.05, 4.69) is 68.4 Å². The van der Waals surface area contributed by atoms with Crippen LogP contribution in [0, 0.1) is 0 Å². The van der Waals surface area contributed by atoms with Gasteiger partial charge in [-0.3, -0.25) is 4.90 Å². The topological polar surface area (TPSA) is 70.4 Å². The molecule has 1 fully saturated rings. The molecule has 1 aromatic carbocycles. The molecular formula is C23H38IN7. The molecule has 8 heteroatoms. The van der Waals surface area contributed by atoms with Crippen LogP contribution in [0.25, 0.3) is 0 Å². The lowest BCUT2D eigenvalue weighted by Crippen LogP contribution is -2.38. The minimum Gasteiger partial charge on any atom is -0.357 e. The third-order valence-corrected chi connectivity index (χ3v) is 5.52. The van der Waals surface area contributed by atoms with Gasteiger partial charge in [0.25, 0.3) is 0 Å². The van der Waals surface area contributed by atoms with E-state index in [0.717, 1.165) is 44.4 Å². The maximum Gasteiger partial charge on any atom is 0.191 e. The molecule has 0 radical (unpaired) electrons. The highest BCUT2D eigenvalue weighted by Gasteiger charge is 2.09. The maximum atomic E-state index is 4.79. The molecule has 31 heavy (non-hydrogen) atoms. The number of nitrogens with one attached hydrogen (secondary N) is 2. The van der Waals surface area contributed by atoms with Crippen molar-refractivity contribution in [3.8, 4) is 0 Å². The van der Waals surface area contributed by atoms with E-state index in [1.54, 1.807) is 6.33 Å². The molecule has 2 aromatic rings. The van der Waals surface area contributed by atoms with E-state index >= 15 is 0 Å². The summed E-state index contributed by atoms with van der Waals surface area (Å²) in [5, 5.41) is 14.9. The van der Waals surface area contributed by atoms with Crippen molar-refractivity contribution in [2.75, 3.05) is 26.2 Å². The summed E-state index contributed by atoms with van der Waals surface area (Å²) < 4.78 is 2.09. The quantitative estimate of drug-likeness (QED) is 0.290. The van der Waals surface area contributed by atoms with Gasteiger partial charge in [-0.05, 0) is 44.0 Å². The number of benzene rings is 1. The van der Waals surface area contributed by atoms with E-state index < -0.39 is 0 Å². The number of likely N-dealkylation sites (tertiary alicyclic amines) is 1. The molecule has 0 spiro atoms. The number of aromatic nitrogens is 3. The van der Waals surface area contributed by atoms with E-state index in [1.807, 2.05) is 0 Å². The summed E-state index contributed by atoms with van der Waals surface area (Å²) in [5.74, 6) is 1.86. The lowest BCUT2D eigenvalue weighted by Gasteiger charge is -2.20. The Labute approximate surface area is 204 Å². The second-order valence-corrected chi connectivity index (χ2v) is 7.93. The van der Waals surface area contributed by atoms with E-state index in [-0.39, 0.29) is 24.0 Å². The summed E-state index contributed by atoms with van der Waals surface area (Å²) in [6.07, 6.45) is 8.10. The summed E-state index contributed by atoms with van der Waals surface area (Å²) in [4.78, 5) is 7.38. The largest absolute Gasteiger partial charge is 0.357 e. The van der Waals surface area contributed by atoms with Crippen molar-refractivity contribution in [1.29, 1.82) is 0 Å². The van der Waals surface area contributed by atoms with Crippen molar-refractivity contribution in [3.63, 3.8) is 0 Å². The molecule has 1 aliphatic heterocycles. The Kier molecular flexibility index (Phi) is 11.9. The Morgan fingerprint density at radius 1 is 1.06 bits per heavy atom. The Morgan fingerprint density at radius 2 is 1.84 bits per heavy atom. The molecule has 0 saturated carbocycles. The van der Waals surface area contributed by atoms with Crippen LogP contribution in [0.4, 0.5) is 0 Å². The fourth-order valence-corrected chi connectivity index (χ4v) is 3.93. The van der Waals surface area contributed by atoms with E-state index in [9.17, 15) is 0 Å². The summed E-state index contributed by atoms with van der Waals surface area (Å²) in [6, 6.07) is 8.88. The third-order valence-electron chi connectivity index (χ3n) is 5.52. The predicted molar refractivity (Wildman–Crippen MR) is 138 cm³/mol. The highest BCUT2D eigenvalue weighted by Crippen LogP contribution is 2.14. The van der Waals surface area contributed by atoms with Gasteiger partial charge in [-0.2, -0.15) is 0 Å². The third kappa shape index (κ3) is 8.76. The summed E-state index contributed by atoms with van der Waals surface area (Å²) in [7, 11) is 0. The molecule has 1 aliphatic rings. The van der Waals surface area contributed by atoms with Gasteiger partial charge < -0.3 is 15.2 Å². The number of aliphatic imine (C=N–C) groups is 1. The number of aryl methyl sites for hydroxylation is 1. The van der Waals surface area contributed by atoms with Crippen LogP contribution in [0.5, 0.6) is 0 Å². The number of halogens is 1. The van der Waals surface area contributed by atoms with Crippen LogP contribution in [0.15, 0.2) is 35.6 Å². The molecule has 0 amide bonds. The second kappa shape index (κ2) is 14.4. The van der Waals surface area contributed by atoms with Gasteiger partial charge in [0, 0.05) is 32.6 Å². The molecule has 0 bridgehead atoms. The maximum absolute atomic E-state index is 4.79. The predicted octanol–water partition coefficient (Wildman–Crippen LogP) is 3.59. The van der Waals surface area contributed by atoms with Crippen molar-refractivity contribution in [3.05, 3.63) is 47.5 Å². The monoisotopic (exact) mass is 539 g/mol. The Hall–Kier alpha value is -1.68. The van der Waals surface area contributed by atoms with Crippen molar-refractivity contribution in [2.45, 2.75) is 65.6 Å². The average molecular weight is 540 g/mol. The lowest BCUT2D eigenvalue weighted by molar-refractivity contribution is 0.277. The normalized spacial score (nSPS) is 15.2. The molecule has 172 valence electrons. The molecule has 2 heterocycles. The van der Waals surface area contributed by atoms with Gasteiger partial charge in [0.05, 0.1) is 6.54 Å². The minimum absolute atomic E-state index is 0. The molecule has 0 aliphatic carbocycles. The van der Waals surface area contributed by atoms with Crippen molar-refractivity contribution < 1.29 is 0 Å². The fourth-order valence-electron chi connectivity index (χ4n) is 3.93. The molecule has 7 nitrogen and oxygen atoms in total. The van der Waals surface area contributed by atoms with Crippen LogP contribution in [0.1, 0.15) is 56.5 Å². The van der Waals surface area contributed by atoms with Crippen LogP contribution in [-0.4, -0.2) is 51.8 Å². The Morgan fingerprint density at radius 3 is 2.58 bits per heavy atom. The van der Waals surface area contributed by atoms with Crippen molar-refractivity contribution in [2.24, 2.45) is 4.99 Å². The minimum atomic E-state index is 0. The van der Waals surface area contributed by atoms with Crippen molar-refractivity contribution in [1.82, 2.24) is 30.3 Å². The van der Waals surface area contributed by atoms with Crippen LogP contribution in [0.3, 0.4) is 0 Å². The second-order valence-electron chi connectivity index (χ2n) is 7.93. The molecule has 2 N–H and O–H groups in total. The molecule has 3 rings (SSSR count). The van der Waals surface area contributed by atoms with Gasteiger partial charge in [-0.15, -0.1) is 34.2 Å². The smallest absolute Gasteiger partial charge is 0.191 e. The van der Waals surface area contributed by atoms with Gasteiger partial charge in [0.15, 0.2) is 5.96 Å². The first-order valence-electron chi connectivity index (χ1n) is 11.5. The highest BCUT2D eigenvalue weighted by molar-refractivity contribution is 14.0.